The Labute approximate surface area is 294 Å². The molecule has 0 amide bonds. The molecule has 49 heavy (non-hydrogen) atoms. The average Bonchev–Trinajstić information content (AvgIpc) is 3.42. The molecule has 6 rings (SSSR count). The number of aryl methyl sites for hydroxylation is 1. The monoisotopic (exact) mass is 680 g/mol. The first-order chi connectivity index (χ1) is 22.7. The molecule has 274 valence electrons. The van der Waals surface area contributed by atoms with Crippen molar-refractivity contribution < 1.29 is 24.2 Å². The zero-order valence-corrected chi connectivity index (χ0v) is 32.4. The summed E-state index contributed by atoms with van der Waals surface area (Å²) in [5, 5.41) is 19.4. The second kappa shape index (κ2) is 12.0. The fourth-order valence-electron chi connectivity index (χ4n) is 12.4. The van der Waals surface area contributed by atoms with Crippen molar-refractivity contribution in [2.24, 2.45) is 56.7 Å². The number of carbonyl (C=O) groups excluding carboxylic acids is 1. The van der Waals surface area contributed by atoms with E-state index in [4.69, 9.17) is 14.6 Å². The van der Waals surface area contributed by atoms with E-state index < -0.39 is 11.9 Å². The van der Waals surface area contributed by atoms with Crippen LogP contribution in [0.4, 0.5) is 0 Å². The molecule has 2 N–H and O–H groups in total. The minimum atomic E-state index is -0.638. The van der Waals surface area contributed by atoms with Crippen LogP contribution in [0.2, 0.25) is 0 Å². The Morgan fingerprint density at radius 3 is 2.43 bits per heavy atom. The third-order valence-electron chi connectivity index (χ3n) is 15.8. The van der Waals surface area contributed by atoms with Crippen LogP contribution in [0.1, 0.15) is 130 Å². The Hall–Kier alpha value is -2.10. The molecular formula is C40H64N4O5. The summed E-state index contributed by atoms with van der Waals surface area (Å²) in [6.07, 6.45) is 7.78. The second-order valence-corrected chi connectivity index (χ2v) is 19.0. The highest BCUT2D eigenvalue weighted by atomic mass is 16.5. The van der Waals surface area contributed by atoms with E-state index in [1.54, 1.807) is 6.92 Å². The minimum absolute atomic E-state index is 0.0941. The first-order valence-corrected chi connectivity index (χ1v) is 19.0. The maximum atomic E-state index is 13.5. The third kappa shape index (κ3) is 5.16. The maximum Gasteiger partial charge on any atom is 0.307 e. The number of carboxylic acids is 1. The molecule has 3 saturated carbocycles. The van der Waals surface area contributed by atoms with Crippen LogP contribution in [0.3, 0.4) is 0 Å². The standard InChI is InChI=1S/C40H64N4O5/c1-23(2)24(3)36(8)17-18-38(10)27-13-14-30-37(9)21-48-22-40(30,28(27)15-16-39(38,11)31(36)34(46)47)19-29(32(37)49-20-35(6,7)41-12)44-33(25(4)45)42-26(5)43-44/h15,23-24,27,29-32,41H,13-14,16-22H2,1-12H3,(H,46,47)/t24-,27?,29-,30+,31-,32+,36-,37-,38-,39+,40+/m1/s1. The van der Waals surface area contributed by atoms with Gasteiger partial charge in [-0.3, -0.25) is 9.59 Å². The summed E-state index contributed by atoms with van der Waals surface area (Å²) < 4.78 is 15.6. The number of ether oxygens (including phenoxy) is 2. The number of hydrogen-bond donors (Lipinski definition) is 2. The molecule has 4 aliphatic carbocycles. The van der Waals surface area contributed by atoms with Crippen molar-refractivity contribution in [2.75, 3.05) is 26.9 Å². The summed E-state index contributed by atoms with van der Waals surface area (Å²) in [4.78, 5) is 31.1. The second-order valence-electron chi connectivity index (χ2n) is 19.0. The Bertz CT molecular complexity index is 1520. The lowest BCUT2D eigenvalue weighted by molar-refractivity contribution is -0.252. The van der Waals surface area contributed by atoms with Gasteiger partial charge in [-0.2, -0.15) is 5.10 Å². The number of fused-ring (bicyclic) bond motifs is 3. The molecule has 0 aromatic carbocycles. The normalized spacial score (nSPS) is 42.5. The molecule has 5 aliphatic rings. The van der Waals surface area contributed by atoms with Crippen LogP contribution in [0.25, 0.3) is 0 Å². The minimum Gasteiger partial charge on any atom is -0.481 e. The van der Waals surface area contributed by atoms with Crippen molar-refractivity contribution in [1.82, 2.24) is 20.1 Å². The van der Waals surface area contributed by atoms with E-state index in [9.17, 15) is 14.7 Å². The summed E-state index contributed by atoms with van der Waals surface area (Å²) in [5.41, 5.74) is -0.183. The molecule has 1 aliphatic heterocycles. The van der Waals surface area contributed by atoms with Gasteiger partial charge in [0.2, 0.25) is 0 Å². The average molecular weight is 681 g/mol. The van der Waals surface area contributed by atoms with Gasteiger partial charge in [0.15, 0.2) is 11.6 Å². The van der Waals surface area contributed by atoms with Gasteiger partial charge in [-0.1, -0.05) is 60.1 Å². The Morgan fingerprint density at radius 1 is 1.12 bits per heavy atom. The molecule has 9 heteroatoms. The van der Waals surface area contributed by atoms with E-state index in [0.717, 1.165) is 38.5 Å². The van der Waals surface area contributed by atoms with Gasteiger partial charge >= 0.3 is 5.97 Å². The molecule has 0 radical (unpaired) electrons. The lowest BCUT2D eigenvalue weighted by Gasteiger charge is -2.71. The summed E-state index contributed by atoms with van der Waals surface area (Å²) in [6, 6.07) is -0.202. The van der Waals surface area contributed by atoms with Crippen LogP contribution < -0.4 is 5.32 Å². The number of carboxylic acid groups (broad SMARTS) is 1. The highest BCUT2D eigenvalue weighted by Gasteiger charge is 2.72. The van der Waals surface area contributed by atoms with Gasteiger partial charge in [0, 0.05) is 23.3 Å². The Kier molecular flexibility index (Phi) is 8.97. The van der Waals surface area contributed by atoms with Gasteiger partial charge in [-0.15, -0.1) is 0 Å². The zero-order valence-electron chi connectivity index (χ0n) is 32.4. The fourth-order valence-corrected chi connectivity index (χ4v) is 12.4. The van der Waals surface area contributed by atoms with Gasteiger partial charge in [0.1, 0.15) is 5.82 Å². The molecule has 1 saturated heterocycles. The number of nitrogens with one attached hydrogen (secondary N) is 1. The summed E-state index contributed by atoms with van der Waals surface area (Å²) in [7, 11) is 1.96. The van der Waals surface area contributed by atoms with Crippen LogP contribution in [0.15, 0.2) is 11.6 Å². The summed E-state index contributed by atoms with van der Waals surface area (Å²) >= 11 is 0. The number of allylic oxidation sites excluding steroid dienone is 1. The van der Waals surface area contributed by atoms with Gasteiger partial charge in [-0.05, 0) is 106 Å². The Balaban J connectivity index is 1.49. The molecule has 4 fully saturated rings. The lowest BCUT2D eigenvalue weighted by Crippen LogP contribution is -2.69. The summed E-state index contributed by atoms with van der Waals surface area (Å²) in [5.74, 6) is 1.13. The van der Waals surface area contributed by atoms with Crippen molar-refractivity contribution in [3.8, 4) is 0 Å². The highest BCUT2D eigenvalue weighted by molar-refractivity contribution is 5.90. The van der Waals surface area contributed by atoms with Crippen LogP contribution in [0.5, 0.6) is 0 Å². The van der Waals surface area contributed by atoms with Crippen molar-refractivity contribution in [2.45, 2.75) is 132 Å². The molecule has 2 bridgehead atoms. The number of Topliss-reactive ketones (excluding diaryl/α,β-unsaturated/α-hetero) is 1. The van der Waals surface area contributed by atoms with Crippen LogP contribution in [0, 0.1) is 63.6 Å². The number of carbonyl (C=O) groups is 2. The first-order valence-electron chi connectivity index (χ1n) is 19.0. The van der Waals surface area contributed by atoms with Crippen LogP contribution in [-0.2, 0) is 14.3 Å². The molecule has 1 aromatic heterocycles. The topological polar surface area (TPSA) is 116 Å². The predicted octanol–water partition coefficient (Wildman–Crippen LogP) is 7.30. The largest absolute Gasteiger partial charge is 0.481 e. The number of likely N-dealkylation sites (N-methyl/N-ethyl adjacent to an activating group) is 1. The van der Waals surface area contributed by atoms with E-state index in [1.165, 1.54) is 5.57 Å². The van der Waals surface area contributed by atoms with Gasteiger partial charge < -0.3 is 19.9 Å². The molecule has 0 spiro atoms. The first kappa shape index (κ1) is 36.7. The smallest absolute Gasteiger partial charge is 0.307 e. The molecular weight excluding hydrogens is 616 g/mol. The maximum absolute atomic E-state index is 13.5. The van der Waals surface area contributed by atoms with E-state index in [1.807, 2.05) is 18.7 Å². The van der Waals surface area contributed by atoms with Gasteiger partial charge in [0.25, 0.3) is 0 Å². The van der Waals surface area contributed by atoms with E-state index in [-0.39, 0.29) is 56.5 Å². The van der Waals surface area contributed by atoms with Crippen molar-refractivity contribution >= 4 is 11.8 Å². The third-order valence-corrected chi connectivity index (χ3v) is 15.8. The van der Waals surface area contributed by atoms with Crippen molar-refractivity contribution in [1.29, 1.82) is 0 Å². The Morgan fingerprint density at radius 2 is 1.82 bits per heavy atom. The molecule has 1 unspecified atom stereocenters. The predicted molar refractivity (Wildman–Crippen MR) is 190 cm³/mol. The van der Waals surface area contributed by atoms with Crippen molar-refractivity contribution in [3.05, 3.63) is 23.3 Å². The van der Waals surface area contributed by atoms with E-state index >= 15 is 0 Å². The SMILES string of the molecule is CNC(C)(C)CO[C@H]1[C@H](n2nc(C)nc2C(C)=O)C[C@@]23COC[C@]1(C)[C@@H]2CCC1C3=CC[C@@]2(C)[C@H](C(=O)O)[C@@](C)([C@H](C)C(C)C)CC[C@]12C. The lowest BCUT2D eigenvalue weighted by atomic mass is 9.34. The summed E-state index contributed by atoms with van der Waals surface area (Å²) in [6.45, 7) is 25.6. The fraction of sp³-hybridized carbons (Fsp3) is 0.850. The number of aliphatic carboxylic acids is 1. The molecule has 11 atom stereocenters. The molecule has 2 heterocycles. The number of rotatable bonds is 9. The number of aromatic nitrogens is 3. The van der Waals surface area contributed by atoms with E-state index in [0.29, 0.717) is 49.2 Å². The van der Waals surface area contributed by atoms with Gasteiger partial charge in [-0.25, -0.2) is 9.67 Å². The zero-order chi connectivity index (χ0) is 36.1. The number of nitrogens with zero attached hydrogens (tertiary/aromatic N) is 3. The molecule has 9 nitrogen and oxygen atoms in total. The molecule has 1 aromatic rings. The van der Waals surface area contributed by atoms with Crippen LogP contribution >= 0.6 is 0 Å². The number of ketones is 1. The van der Waals surface area contributed by atoms with E-state index in [2.05, 4.69) is 78.7 Å². The van der Waals surface area contributed by atoms with Crippen LogP contribution in [-0.4, -0.2) is 70.1 Å². The van der Waals surface area contributed by atoms with Gasteiger partial charge in [0.05, 0.1) is 37.9 Å². The quantitative estimate of drug-likeness (QED) is 0.206. The number of hydrogen-bond acceptors (Lipinski definition) is 7. The van der Waals surface area contributed by atoms with Crippen molar-refractivity contribution in [3.63, 3.8) is 0 Å². The highest BCUT2D eigenvalue weighted by Crippen LogP contribution is 2.75.